The molecule has 0 radical (unpaired) electrons. The highest BCUT2D eigenvalue weighted by atomic mass is 32.1. The van der Waals surface area contributed by atoms with Crippen LogP contribution >= 0.6 is 11.3 Å². The van der Waals surface area contributed by atoms with E-state index in [1.165, 1.54) is 18.4 Å². The molecule has 1 unspecified atom stereocenters. The van der Waals surface area contributed by atoms with Crippen LogP contribution in [-0.2, 0) is 11.3 Å². The highest BCUT2D eigenvalue weighted by molar-refractivity contribution is 7.12. The average molecular weight is 348 g/mol. The molecule has 128 valence electrons. The first-order valence-corrected chi connectivity index (χ1v) is 8.78. The average Bonchev–Trinajstić information content (AvgIpc) is 3.32. The van der Waals surface area contributed by atoms with Crippen molar-refractivity contribution < 1.29 is 14.3 Å². The van der Waals surface area contributed by atoms with E-state index in [9.17, 15) is 9.59 Å². The summed E-state index contributed by atoms with van der Waals surface area (Å²) in [7, 11) is 1.33. The lowest BCUT2D eigenvalue weighted by atomic mass is 10.1. The molecule has 2 aromatic heterocycles. The number of aryl methyl sites for hydroxylation is 1. The van der Waals surface area contributed by atoms with Gasteiger partial charge in [-0.1, -0.05) is 0 Å². The van der Waals surface area contributed by atoms with Crippen LogP contribution in [0.25, 0.3) is 0 Å². The predicted molar refractivity (Wildman–Crippen MR) is 91.3 cm³/mol. The predicted octanol–water partition coefficient (Wildman–Crippen LogP) is 3.12. The number of hydrogen-bond donors (Lipinski definition) is 1. The maximum absolute atomic E-state index is 12.7. The minimum absolute atomic E-state index is 0.00709. The van der Waals surface area contributed by atoms with Crippen molar-refractivity contribution in [2.75, 3.05) is 19.0 Å². The van der Waals surface area contributed by atoms with Crippen molar-refractivity contribution in [3.63, 3.8) is 0 Å². The molecule has 0 aliphatic carbocycles. The number of rotatable bonds is 4. The number of hydrogen-bond acceptors (Lipinski definition) is 5. The zero-order chi connectivity index (χ0) is 17.1. The number of amides is 2. The lowest BCUT2D eigenvalue weighted by Crippen LogP contribution is -2.35. The van der Waals surface area contributed by atoms with Gasteiger partial charge in [-0.15, -0.1) is 11.3 Å². The Labute approximate surface area is 144 Å². The van der Waals surface area contributed by atoms with Crippen LogP contribution in [0.4, 0.5) is 10.5 Å². The topological polar surface area (TPSA) is 76.5 Å². The first-order valence-electron chi connectivity index (χ1n) is 7.90. The number of methoxy groups -OCH3 is 1. The van der Waals surface area contributed by atoms with Crippen LogP contribution < -0.4 is 5.32 Å². The van der Waals surface area contributed by atoms with Crippen molar-refractivity contribution in [3.8, 4) is 0 Å². The smallest absolute Gasteiger partial charge is 0.350 e. The molecule has 3 heterocycles. The number of esters is 1. The number of likely N-dealkylation sites (tertiary alicyclic amines) is 1. The van der Waals surface area contributed by atoms with Crippen molar-refractivity contribution in [2.24, 2.45) is 0 Å². The Morgan fingerprint density at radius 3 is 3.04 bits per heavy atom. The summed E-state index contributed by atoms with van der Waals surface area (Å²) in [6.45, 7) is 3.48. The molecule has 0 bridgehead atoms. The van der Waals surface area contributed by atoms with Gasteiger partial charge >= 0.3 is 12.0 Å². The Kier molecular flexibility index (Phi) is 4.84. The summed E-state index contributed by atoms with van der Waals surface area (Å²) >= 11 is 1.25. The van der Waals surface area contributed by atoms with Crippen LogP contribution in [0.2, 0.25) is 0 Å². The molecule has 1 N–H and O–H groups in total. The van der Waals surface area contributed by atoms with E-state index < -0.39 is 5.97 Å². The first kappa shape index (κ1) is 16.5. The van der Waals surface area contributed by atoms with E-state index in [-0.39, 0.29) is 12.1 Å². The zero-order valence-electron chi connectivity index (χ0n) is 13.7. The SMILES string of the molecule is CCn1nccc1C1CCCN1C(=O)Nc1ccsc1C(=O)OC. The molecule has 7 nitrogen and oxygen atoms in total. The first-order chi connectivity index (χ1) is 11.7. The molecule has 1 fully saturated rings. The highest BCUT2D eigenvalue weighted by Gasteiger charge is 2.32. The molecule has 8 heteroatoms. The van der Waals surface area contributed by atoms with E-state index in [2.05, 4.69) is 10.4 Å². The van der Waals surface area contributed by atoms with Crippen LogP contribution in [0.15, 0.2) is 23.7 Å². The summed E-state index contributed by atoms with van der Waals surface area (Å²) in [5, 5.41) is 8.90. The Balaban J connectivity index is 1.77. The van der Waals surface area contributed by atoms with E-state index >= 15 is 0 Å². The summed E-state index contributed by atoms with van der Waals surface area (Å²) in [6, 6.07) is 3.48. The zero-order valence-corrected chi connectivity index (χ0v) is 14.5. The van der Waals surface area contributed by atoms with E-state index in [0.29, 0.717) is 17.1 Å². The maximum Gasteiger partial charge on any atom is 0.350 e. The standard InChI is InChI=1S/C16H20N4O3S/c1-3-20-13(6-8-17-20)12-5-4-9-19(12)16(22)18-11-7-10-24-14(11)15(21)23-2/h6-8,10,12H,3-5,9H2,1-2H3,(H,18,22). The summed E-state index contributed by atoms with van der Waals surface area (Å²) in [5.74, 6) is -0.442. The van der Waals surface area contributed by atoms with Gasteiger partial charge in [-0.25, -0.2) is 9.59 Å². The number of nitrogens with zero attached hydrogens (tertiary/aromatic N) is 3. The number of aromatic nitrogens is 2. The van der Waals surface area contributed by atoms with Crippen molar-refractivity contribution in [3.05, 3.63) is 34.3 Å². The van der Waals surface area contributed by atoms with Gasteiger partial charge in [-0.3, -0.25) is 4.68 Å². The lowest BCUT2D eigenvalue weighted by molar-refractivity contribution is 0.0607. The van der Waals surface area contributed by atoms with Crippen molar-refractivity contribution in [1.29, 1.82) is 0 Å². The number of carbonyl (C=O) groups is 2. The molecule has 0 spiro atoms. The number of ether oxygens (including phenoxy) is 1. The normalized spacial score (nSPS) is 17.1. The Morgan fingerprint density at radius 1 is 1.46 bits per heavy atom. The Morgan fingerprint density at radius 2 is 2.29 bits per heavy atom. The third-order valence-electron chi connectivity index (χ3n) is 4.18. The molecule has 0 saturated carbocycles. The molecule has 1 saturated heterocycles. The monoisotopic (exact) mass is 348 g/mol. The van der Waals surface area contributed by atoms with Gasteiger partial charge in [0.05, 0.1) is 24.5 Å². The fraction of sp³-hybridized carbons (Fsp3) is 0.438. The van der Waals surface area contributed by atoms with E-state index in [1.54, 1.807) is 17.6 Å². The fourth-order valence-corrected chi connectivity index (χ4v) is 3.82. The molecule has 24 heavy (non-hydrogen) atoms. The summed E-state index contributed by atoms with van der Waals surface area (Å²) in [4.78, 5) is 26.7. The molecule has 2 aromatic rings. The number of thiophene rings is 1. The molecule has 2 amide bonds. The number of nitrogens with one attached hydrogen (secondary N) is 1. The van der Waals surface area contributed by atoms with Gasteiger partial charge in [0.25, 0.3) is 0 Å². The van der Waals surface area contributed by atoms with Crippen LogP contribution in [0.5, 0.6) is 0 Å². The van der Waals surface area contributed by atoms with Gasteiger partial charge in [-0.2, -0.15) is 5.10 Å². The van der Waals surface area contributed by atoms with Crippen LogP contribution in [0.3, 0.4) is 0 Å². The highest BCUT2D eigenvalue weighted by Crippen LogP contribution is 2.33. The van der Waals surface area contributed by atoms with Gasteiger partial charge < -0.3 is 15.0 Å². The summed E-state index contributed by atoms with van der Waals surface area (Å²) in [6.07, 6.45) is 3.62. The second-order valence-corrected chi connectivity index (χ2v) is 6.42. The fourth-order valence-electron chi connectivity index (χ4n) is 3.05. The van der Waals surface area contributed by atoms with Crippen molar-refractivity contribution in [2.45, 2.75) is 32.4 Å². The van der Waals surface area contributed by atoms with Gasteiger partial charge in [0, 0.05) is 19.3 Å². The van der Waals surface area contributed by atoms with E-state index in [1.807, 2.05) is 22.6 Å². The maximum atomic E-state index is 12.7. The van der Waals surface area contributed by atoms with Gasteiger partial charge in [0.1, 0.15) is 4.88 Å². The molecule has 0 aromatic carbocycles. The lowest BCUT2D eigenvalue weighted by Gasteiger charge is -2.25. The van der Waals surface area contributed by atoms with Gasteiger partial charge in [-0.05, 0) is 37.3 Å². The van der Waals surface area contributed by atoms with Crippen LogP contribution in [0, 0.1) is 0 Å². The molecule has 1 atom stereocenters. The summed E-state index contributed by atoms with van der Waals surface area (Å²) < 4.78 is 6.66. The second-order valence-electron chi connectivity index (χ2n) is 5.51. The number of carbonyl (C=O) groups excluding carboxylic acids is 2. The van der Waals surface area contributed by atoms with Gasteiger partial charge in [0.15, 0.2) is 0 Å². The third kappa shape index (κ3) is 3.01. The van der Waals surface area contributed by atoms with E-state index in [0.717, 1.165) is 25.1 Å². The molecule has 3 rings (SSSR count). The van der Waals surface area contributed by atoms with Gasteiger partial charge in [0.2, 0.25) is 0 Å². The number of urea groups is 1. The minimum atomic E-state index is -0.442. The molecule has 1 aliphatic heterocycles. The van der Waals surface area contributed by atoms with Crippen LogP contribution in [0.1, 0.15) is 41.2 Å². The summed E-state index contributed by atoms with van der Waals surface area (Å²) in [5.41, 5.74) is 1.54. The van der Waals surface area contributed by atoms with Crippen LogP contribution in [-0.4, -0.2) is 40.3 Å². The third-order valence-corrected chi connectivity index (χ3v) is 5.08. The second kappa shape index (κ2) is 7.04. The van der Waals surface area contributed by atoms with Crippen molar-refractivity contribution >= 4 is 29.0 Å². The van der Waals surface area contributed by atoms with Crippen molar-refractivity contribution in [1.82, 2.24) is 14.7 Å². The molecular formula is C16H20N4O3S. The minimum Gasteiger partial charge on any atom is -0.465 e. The van der Waals surface area contributed by atoms with E-state index in [4.69, 9.17) is 4.74 Å². The Bertz CT molecular complexity index is 739. The molecular weight excluding hydrogens is 328 g/mol. The quantitative estimate of drug-likeness (QED) is 0.861. The number of anilines is 1. The largest absolute Gasteiger partial charge is 0.465 e. The molecule has 1 aliphatic rings. The Hall–Kier alpha value is -2.35.